The van der Waals surface area contributed by atoms with Crippen LogP contribution in [-0.4, -0.2) is 34.7 Å². The van der Waals surface area contributed by atoms with Crippen LogP contribution in [0.3, 0.4) is 0 Å². The Bertz CT molecular complexity index is 798. The Morgan fingerprint density at radius 1 is 0.960 bits per heavy atom. The molecule has 0 heterocycles. The molecule has 0 saturated carbocycles. The van der Waals surface area contributed by atoms with Gasteiger partial charge in [0.15, 0.2) is 0 Å². The second-order valence-corrected chi connectivity index (χ2v) is 5.13. The number of amides is 1. The Hall–Kier alpha value is -3.35. The van der Waals surface area contributed by atoms with E-state index in [0.29, 0.717) is 17.9 Å². The summed E-state index contributed by atoms with van der Waals surface area (Å²) in [6.45, 7) is 2.31. The molecular formula is C18H17NO6. The van der Waals surface area contributed by atoms with Crippen molar-refractivity contribution in [2.75, 3.05) is 6.61 Å². The van der Waals surface area contributed by atoms with Gasteiger partial charge in [0.1, 0.15) is 5.75 Å². The van der Waals surface area contributed by atoms with E-state index in [1.165, 1.54) is 30.3 Å². The molecule has 0 fully saturated rings. The zero-order chi connectivity index (χ0) is 18.4. The maximum atomic E-state index is 12.4. The number of nitrogens with one attached hydrogen (secondary N) is 1. The third-order valence-electron chi connectivity index (χ3n) is 3.43. The summed E-state index contributed by atoms with van der Waals surface area (Å²) in [4.78, 5) is 34.5. The SMILES string of the molecule is CCOc1ccc(C(=O)O)c(C(=O)NCc2ccc(C(=O)O)cc2)c1. The number of rotatable bonds is 7. The van der Waals surface area contributed by atoms with E-state index in [1.807, 2.05) is 0 Å². The lowest BCUT2D eigenvalue weighted by Crippen LogP contribution is -2.25. The van der Waals surface area contributed by atoms with Crippen LogP contribution in [0.1, 0.15) is 43.6 Å². The van der Waals surface area contributed by atoms with Crippen LogP contribution >= 0.6 is 0 Å². The summed E-state index contributed by atoms with van der Waals surface area (Å²) in [6.07, 6.45) is 0. The van der Waals surface area contributed by atoms with E-state index in [-0.39, 0.29) is 23.2 Å². The van der Waals surface area contributed by atoms with E-state index < -0.39 is 17.8 Å². The van der Waals surface area contributed by atoms with Crippen molar-refractivity contribution in [3.8, 4) is 5.75 Å². The fourth-order valence-electron chi connectivity index (χ4n) is 2.20. The predicted octanol–water partition coefficient (Wildman–Crippen LogP) is 2.41. The van der Waals surface area contributed by atoms with Crippen molar-refractivity contribution in [3.63, 3.8) is 0 Å². The molecule has 7 heteroatoms. The number of hydrogen-bond donors (Lipinski definition) is 3. The van der Waals surface area contributed by atoms with Crippen LogP contribution in [0.25, 0.3) is 0 Å². The first kappa shape index (κ1) is 18.0. The smallest absolute Gasteiger partial charge is 0.336 e. The monoisotopic (exact) mass is 343 g/mol. The molecule has 0 aliphatic heterocycles. The van der Waals surface area contributed by atoms with Crippen molar-refractivity contribution >= 4 is 17.8 Å². The number of carbonyl (C=O) groups excluding carboxylic acids is 1. The van der Waals surface area contributed by atoms with Crippen LogP contribution < -0.4 is 10.1 Å². The molecule has 0 unspecified atom stereocenters. The highest BCUT2D eigenvalue weighted by atomic mass is 16.5. The molecule has 0 aliphatic rings. The van der Waals surface area contributed by atoms with Crippen LogP contribution in [0.4, 0.5) is 0 Å². The lowest BCUT2D eigenvalue weighted by Gasteiger charge is -2.10. The third kappa shape index (κ3) is 4.57. The first-order chi connectivity index (χ1) is 11.9. The lowest BCUT2D eigenvalue weighted by atomic mass is 10.1. The zero-order valence-electron chi connectivity index (χ0n) is 13.5. The van der Waals surface area contributed by atoms with Gasteiger partial charge < -0.3 is 20.3 Å². The Kier molecular flexibility index (Phi) is 5.73. The number of carbonyl (C=O) groups is 3. The van der Waals surface area contributed by atoms with Gasteiger partial charge in [0, 0.05) is 6.54 Å². The van der Waals surface area contributed by atoms with E-state index in [0.717, 1.165) is 0 Å². The molecule has 2 aromatic carbocycles. The highest BCUT2D eigenvalue weighted by molar-refractivity contribution is 6.05. The van der Waals surface area contributed by atoms with Crippen LogP contribution in [0, 0.1) is 0 Å². The van der Waals surface area contributed by atoms with Crippen LogP contribution in [0.2, 0.25) is 0 Å². The van der Waals surface area contributed by atoms with Crippen molar-refractivity contribution in [1.82, 2.24) is 5.32 Å². The molecule has 2 rings (SSSR count). The summed E-state index contributed by atoms with van der Waals surface area (Å²) in [6, 6.07) is 10.2. The molecule has 3 N–H and O–H groups in total. The van der Waals surface area contributed by atoms with Gasteiger partial charge in [-0.1, -0.05) is 12.1 Å². The Morgan fingerprint density at radius 3 is 2.20 bits per heavy atom. The molecule has 0 spiro atoms. The number of ether oxygens (including phenoxy) is 1. The fourth-order valence-corrected chi connectivity index (χ4v) is 2.20. The zero-order valence-corrected chi connectivity index (χ0v) is 13.5. The Labute approximate surface area is 143 Å². The minimum absolute atomic E-state index is 0.000561. The van der Waals surface area contributed by atoms with Crippen molar-refractivity contribution in [3.05, 3.63) is 64.7 Å². The van der Waals surface area contributed by atoms with E-state index in [9.17, 15) is 19.5 Å². The molecule has 0 atom stereocenters. The normalized spacial score (nSPS) is 10.1. The average Bonchev–Trinajstić information content (AvgIpc) is 2.60. The van der Waals surface area contributed by atoms with Gasteiger partial charge in [0.05, 0.1) is 23.3 Å². The van der Waals surface area contributed by atoms with Gasteiger partial charge in [-0.05, 0) is 42.8 Å². The molecule has 0 aliphatic carbocycles. The largest absolute Gasteiger partial charge is 0.494 e. The van der Waals surface area contributed by atoms with E-state index in [2.05, 4.69) is 5.32 Å². The van der Waals surface area contributed by atoms with Crippen molar-refractivity contribution < 1.29 is 29.3 Å². The summed E-state index contributed by atoms with van der Waals surface area (Å²) in [7, 11) is 0. The highest BCUT2D eigenvalue weighted by Gasteiger charge is 2.17. The lowest BCUT2D eigenvalue weighted by molar-refractivity contribution is 0.0684. The van der Waals surface area contributed by atoms with Gasteiger partial charge in [0.2, 0.25) is 0 Å². The number of carboxylic acid groups (broad SMARTS) is 2. The Morgan fingerprint density at radius 2 is 1.64 bits per heavy atom. The van der Waals surface area contributed by atoms with E-state index >= 15 is 0 Å². The molecule has 0 aromatic heterocycles. The van der Waals surface area contributed by atoms with Gasteiger partial charge >= 0.3 is 11.9 Å². The van der Waals surface area contributed by atoms with Crippen LogP contribution in [-0.2, 0) is 6.54 Å². The second kappa shape index (κ2) is 7.96. The topological polar surface area (TPSA) is 113 Å². The maximum absolute atomic E-state index is 12.4. The summed E-state index contributed by atoms with van der Waals surface area (Å²) in [5.74, 6) is -2.39. The van der Waals surface area contributed by atoms with Crippen molar-refractivity contribution in [2.24, 2.45) is 0 Å². The van der Waals surface area contributed by atoms with E-state index in [1.54, 1.807) is 19.1 Å². The number of aromatic carboxylic acids is 2. The second-order valence-electron chi connectivity index (χ2n) is 5.13. The minimum atomic E-state index is -1.21. The molecule has 7 nitrogen and oxygen atoms in total. The first-order valence-electron chi connectivity index (χ1n) is 7.53. The minimum Gasteiger partial charge on any atom is -0.494 e. The maximum Gasteiger partial charge on any atom is 0.336 e. The predicted molar refractivity (Wildman–Crippen MR) is 89.1 cm³/mol. The molecule has 0 bridgehead atoms. The van der Waals surface area contributed by atoms with Crippen molar-refractivity contribution in [1.29, 1.82) is 0 Å². The van der Waals surface area contributed by atoms with Gasteiger partial charge in [-0.2, -0.15) is 0 Å². The fraction of sp³-hybridized carbons (Fsp3) is 0.167. The summed E-state index contributed by atoms with van der Waals surface area (Å²) in [5.41, 5.74) is 0.714. The standard InChI is InChI=1S/C18H17NO6/c1-2-25-13-7-8-14(18(23)24)15(9-13)16(20)19-10-11-3-5-12(6-4-11)17(21)22/h3-9H,2,10H2,1H3,(H,19,20)(H,21,22)(H,23,24). The third-order valence-corrected chi connectivity index (χ3v) is 3.43. The quantitative estimate of drug-likeness (QED) is 0.711. The van der Waals surface area contributed by atoms with Crippen LogP contribution in [0.5, 0.6) is 5.75 Å². The molecular weight excluding hydrogens is 326 g/mol. The van der Waals surface area contributed by atoms with Gasteiger partial charge in [0.25, 0.3) is 5.91 Å². The first-order valence-corrected chi connectivity index (χ1v) is 7.53. The number of hydrogen-bond acceptors (Lipinski definition) is 4. The number of benzene rings is 2. The average molecular weight is 343 g/mol. The highest BCUT2D eigenvalue weighted by Crippen LogP contribution is 2.18. The van der Waals surface area contributed by atoms with Crippen molar-refractivity contribution in [2.45, 2.75) is 13.5 Å². The molecule has 0 radical (unpaired) electrons. The molecule has 130 valence electrons. The summed E-state index contributed by atoms with van der Waals surface area (Å²) in [5, 5.41) is 20.7. The molecule has 1 amide bonds. The molecule has 0 saturated heterocycles. The van der Waals surface area contributed by atoms with Gasteiger partial charge in [-0.25, -0.2) is 9.59 Å². The summed E-state index contributed by atoms with van der Waals surface area (Å²) < 4.78 is 5.30. The van der Waals surface area contributed by atoms with E-state index in [4.69, 9.17) is 9.84 Å². The van der Waals surface area contributed by atoms with Crippen LogP contribution in [0.15, 0.2) is 42.5 Å². The summed E-state index contributed by atoms with van der Waals surface area (Å²) >= 11 is 0. The number of carboxylic acids is 2. The Balaban J connectivity index is 2.15. The molecule has 25 heavy (non-hydrogen) atoms. The molecule has 2 aromatic rings. The van der Waals surface area contributed by atoms with Gasteiger partial charge in [-0.15, -0.1) is 0 Å². The van der Waals surface area contributed by atoms with Gasteiger partial charge in [-0.3, -0.25) is 4.79 Å².